The molecule has 0 spiro atoms. The summed E-state index contributed by atoms with van der Waals surface area (Å²) in [6.45, 7) is 4.16. The van der Waals surface area contributed by atoms with Crippen LogP contribution in [0.5, 0.6) is 11.5 Å². The van der Waals surface area contributed by atoms with Crippen molar-refractivity contribution in [1.82, 2.24) is 15.1 Å². The van der Waals surface area contributed by atoms with Gasteiger partial charge in [-0.1, -0.05) is 12.1 Å². The van der Waals surface area contributed by atoms with E-state index in [2.05, 4.69) is 10.2 Å². The van der Waals surface area contributed by atoms with Crippen molar-refractivity contribution in [2.75, 3.05) is 45.9 Å². The van der Waals surface area contributed by atoms with Crippen molar-refractivity contribution >= 4 is 11.8 Å². The number of ether oxygens (including phenoxy) is 2. The summed E-state index contributed by atoms with van der Waals surface area (Å²) >= 11 is 0. The molecule has 1 aromatic rings. The summed E-state index contributed by atoms with van der Waals surface area (Å²) in [6, 6.07) is 7.54. The van der Waals surface area contributed by atoms with Gasteiger partial charge in [0, 0.05) is 32.1 Å². The van der Waals surface area contributed by atoms with Crippen molar-refractivity contribution in [1.29, 1.82) is 0 Å². The number of hydrogen-bond acceptors (Lipinski definition) is 5. The Morgan fingerprint density at radius 3 is 2.54 bits per heavy atom. The maximum atomic E-state index is 12.2. The summed E-state index contributed by atoms with van der Waals surface area (Å²) in [4.78, 5) is 28.3. The second-order valence-corrected chi connectivity index (χ2v) is 7.18. The molecule has 2 heterocycles. The van der Waals surface area contributed by atoms with E-state index in [0.717, 1.165) is 50.5 Å². The van der Waals surface area contributed by atoms with E-state index in [1.807, 2.05) is 29.2 Å². The number of hydrogen-bond donors (Lipinski definition) is 1. The second kappa shape index (κ2) is 7.53. The number of rotatable bonds is 5. The van der Waals surface area contributed by atoms with Crippen LogP contribution >= 0.6 is 0 Å². The highest BCUT2D eigenvalue weighted by atomic mass is 16.6. The maximum absolute atomic E-state index is 12.2. The zero-order valence-corrected chi connectivity index (χ0v) is 14.9. The van der Waals surface area contributed by atoms with Crippen LogP contribution in [0.4, 0.5) is 0 Å². The molecule has 4 rings (SSSR count). The lowest BCUT2D eigenvalue weighted by molar-refractivity contribution is -0.134. The molecule has 1 aromatic carbocycles. The molecule has 1 saturated heterocycles. The molecule has 1 unspecified atom stereocenters. The quantitative estimate of drug-likeness (QED) is 0.829. The standard InChI is InChI=1S/C19H25N3O4/c23-18(12-21-7-9-22(10-8-21)19(24)14-5-6-14)20-11-15-13-25-16-3-1-2-4-17(16)26-15/h1-4,14-15H,5-13H2,(H,20,23). The number of nitrogens with zero attached hydrogens (tertiary/aromatic N) is 2. The van der Waals surface area contributed by atoms with E-state index in [-0.39, 0.29) is 17.9 Å². The number of fused-ring (bicyclic) bond motifs is 1. The molecule has 0 radical (unpaired) electrons. The van der Waals surface area contributed by atoms with Crippen molar-refractivity contribution in [2.24, 2.45) is 5.92 Å². The largest absolute Gasteiger partial charge is 0.486 e. The summed E-state index contributed by atoms with van der Waals surface area (Å²) < 4.78 is 11.5. The highest BCUT2D eigenvalue weighted by molar-refractivity contribution is 5.81. The van der Waals surface area contributed by atoms with E-state index >= 15 is 0 Å². The summed E-state index contributed by atoms with van der Waals surface area (Å²) in [5.41, 5.74) is 0. The Kier molecular flexibility index (Phi) is 4.97. The van der Waals surface area contributed by atoms with Crippen molar-refractivity contribution in [3.05, 3.63) is 24.3 Å². The van der Waals surface area contributed by atoms with E-state index in [9.17, 15) is 9.59 Å². The van der Waals surface area contributed by atoms with Gasteiger partial charge in [-0.3, -0.25) is 14.5 Å². The normalized spacial score (nSPS) is 22.8. The average Bonchev–Trinajstić information content (AvgIpc) is 3.51. The van der Waals surface area contributed by atoms with Gasteiger partial charge in [-0.2, -0.15) is 0 Å². The van der Waals surface area contributed by atoms with E-state index in [1.54, 1.807) is 0 Å². The monoisotopic (exact) mass is 359 g/mol. The van der Waals surface area contributed by atoms with Crippen LogP contribution in [0.2, 0.25) is 0 Å². The van der Waals surface area contributed by atoms with Gasteiger partial charge < -0.3 is 19.7 Å². The van der Waals surface area contributed by atoms with Crippen LogP contribution in [-0.2, 0) is 9.59 Å². The first kappa shape index (κ1) is 17.1. The molecule has 1 atom stereocenters. The van der Waals surface area contributed by atoms with Crippen molar-refractivity contribution in [2.45, 2.75) is 18.9 Å². The van der Waals surface area contributed by atoms with Gasteiger partial charge in [0.1, 0.15) is 12.7 Å². The molecule has 0 bridgehead atoms. The molecule has 7 nitrogen and oxygen atoms in total. The first-order valence-electron chi connectivity index (χ1n) is 9.35. The fourth-order valence-corrected chi connectivity index (χ4v) is 3.37. The van der Waals surface area contributed by atoms with Gasteiger partial charge >= 0.3 is 0 Å². The van der Waals surface area contributed by atoms with E-state index in [1.165, 1.54) is 0 Å². The van der Waals surface area contributed by atoms with Crippen molar-refractivity contribution in [3.63, 3.8) is 0 Å². The molecule has 7 heteroatoms. The van der Waals surface area contributed by atoms with Gasteiger partial charge in [-0.25, -0.2) is 0 Å². The highest BCUT2D eigenvalue weighted by Gasteiger charge is 2.34. The third-order valence-electron chi connectivity index (χ3n) is 5.07. The molecule has 2 fully saturated rings. The topological polar surface area (TPSA) is 71.1 Å². The average molecular weight is 359 g/mol. The Morgan fingerprint density at radius 2 is 1.81 bits per heavy atom. The zero-order chi connectivity index (χ0) is 17.9. The van der Waals surface area contributed by atoms with Gasteiger partial charge in [0.2, 0.25) is 11.8 Å². The van der Waals surface area contributed by atoms with E-state index < -0.39 is 0 Å². The lowest BCUT2D eigenvalue weighted by Crippen LogP contribution is -2.52. The molecule has 0 aromatic heterocycles. The molecule has 1 aliphatic carbocycles. The Labute approximate surface area is 153 Å². The van der Waals surface area contributed by atoms with Gasteiger partial charge in [-0.05, 0) is 25.0 Å². The number of carbonyl (C=O) groups excluding carboxylic acids is 2. The number of nitrogens with one attached hydrogen (secondary N) is 1. The Hall–Kier alpha value is -2.28. The Balaban J connectivity index is 1.16. The van der Waals surface area contributed by atoms with Crippen LogP contribution < -0.4 is 14.8 Å². The molecular weight excluding hydrogens is 334 g/mol. The lowest BCUT2D eigenvalue weighted by atomic mass is 10.2. The fraction of sp³-hybridized carbons (Fsp3) is 0.579. The van der Waals surface area contributed by atoms with Crippen LogP contribution in [-0.4, -0.2) is 73.6 Å². The number of para-hydroxylation sites is 2. The SMILES string of the molecule is O=C(CN1CCN(C(=O)C2CC2)CC1)NCC1COc2ccccc2O1. The first-order valence-corrected chi connectivity index (χ1v) is 9.35. The number of piperazine rings is 1. The number of amides is 2. The van der Waals surface area contributed by atoms with E-state index in [4.69, 9.17) is 9.47 Å². The molecule has 26 heavy (non-hydrogen) atoms. The van der Waals surface area contributed by atoms with Crippen molar-refractivity contribution < 1.29 is 19.1 Å². The van der Waals surface area contributed by atoms with Crippen LogP contribution in [0.1, 0.15) is 12.8 Å². The zero-order valence-electron chi connectivity index (χ0n) is 14.9. The lowest BCUT2D eigenvalue weighted by Gasteiger charge is -2.34. The van der Waals surface area contributed by atoms with Gasteiger partial charge in [0.15, 0.2) is 11.5 Å². The predicted octanol–water partition coefficient (Wildman–Crippen LogP) is 0.497. The molecule has 1 N–H and O–H groups in total. The molecule has 3 aliphatic rings. The first-order chi connectivity index (χ1) is 12.7. The van der Waals surface area contributed by atoms with Crippen LogP contribution in [0, 0.1) is 5.92 Å². The third-order valence-corrected chi connectivity index (χ3v) is 5.07. The van der Waals surface area contributed by atoms with Crippen LogP contribution in [0.25, 0.3) is 0 Å². The van der Waals surface area contributed by atoms with Gasteiger partial charge in [0.05, 0.1) is 13.1 Å². The fourth-order valence-electron chi connectivity index (χ4n) is 3.37. The molecule has 1 saturated carbocycles. The summed E-state index contributed by atoms with van der Waals surface area (Å²) in [5, 5.41) is 2.93. The molecule has 140 valence electrons. The second-order valence-electron chi connectivity index (χ2n) is 7.18. The smallest absolute Gasteiger partial charge is 0.234 e. The minimum atomic E-state index is -0.179. The Morgan fingerprint density at radius 1 is 1.08 bits per heavy atom. The van der Waals surface area contributed by atoms with Gasteiger partial charge in [0.25, 0.3) is 0 Å². The van der Waals surface area contributed by atoms with Gasteiger partial charge in [-0.15, -0.1) is 0 Å². The van der Waals surface area contributed by atoms with Crippen LogP contribution in [0.3, 0.4) is 0 Å². The minimum Gasteiger partial charge on any atom is -0.486 e. The summed E-state index contributed by atoms with van der Waals surface area (Å²) in [7, 11) is 0. The molecule has 2 aliphatic heterocycles. The highest BCUT2D eigenvalue weighted by Crippen LogP contribution is 2.31. The summed E-state index contributed by atoms with van der Waals surface area (Å²) in [5.74, 6) is 2.01. The molecular formula is C19H25N3O4. The summed E-state index contributed by atoms with van der Waals surface area (Å²) in [6.07, 6.45) is 1.90. The molecule has 2 amide bonds. The Bertz CT molecular complexity index is 669. The van der Waals surface area contributed by atoms with Crippen LogP contribution in [0.15, 0.2) is 24.3 Å². The third kappa shape index (κ3) is 4.09. The minimum absolute atomic E-state index is 0.0190. The maximum Gasteiger partial charge on any atom is 0.234 e. The predicted molar refractivity (Wildman–Crippen MR) is 95.1 cm³/mol. The van der Waals surface area contributed by atoms with E-state index in [0.29, 0.717) is 25.6 Å². The number of benzene rings is 1. The van der Waals surface area contributed by atoms with Crippen molar-refractivity contribution in [3.8, 4) is 11.5 Å². The number of carbonyl (C=O) groups is 2.